The first kappa shape index (κ1) is 13.9. The van der Waals surface area contributed by atoms with Crippen LogP contribution in [-0.4, -0.2) is 35.6 Å². The van der Waals surface area contributed by atoms with Crippen LogP contribution in [0.25, 0.3) is 0 Å². The van der Waals surface area contributed by atoms with Crippen molar-refractivity contribution in [3.8, 4) is 0 Å². The average molecular weight is 216 g/mol. The summed E-state index contributed by atoms with van der Waals surface area (Å²) >= 11 is 0. The van der Waals surface area contributed by atoms with E-state index in [9.17, 15) is 9.59 Å². The fraction of sp³-hybridized carbons (Fsp3) is 0.800. The zero-order valence-corrected chi connectivity index (χ0v) is 9.59. The van der Waals surface area contributed by atoms with Crippen LogP contribution < -0.4 is 10.6 Å². The molecular formula is C10H20N2O3. The van der Waals surface area contributed by atoms with E-state index in [0.29, 0.717) is 6.42 Å². The van der Waals surface area contributed by atoms with Gasteiger partial charge in [-0.2, -0.15) is 0 Å². The Labute approximate surface area is 90.2 Å². The average Bonchev–Trinajstić information content (AvgIpc) is 2.08. The molecule has 0 spiro atoms. The van der Waals surface area contributed by atoms with Crippen LogP contribution in [0.4, 0.5) is 0 Å². The highest BCUT2D eigenvalue weighted by atomic mass is 16.3. The molecule has 5 nitrogen and oxygen atoms in total. The number of aliphatic hydroxyl groups excluding tert-OH is 1. The van der Waals surface area contributed by atoms with E-state index < -0.39 is 0 Å². The van der Waals surface area contributed by atoms with Gasteiger partial charge in [0.15, 0.2) is 0 Å². The van der Waals surface area contributed by atoms with Crippen molar-refractivity contribution in [2.24, 2.45) is 0 Å². The van der Waals surface area contributed by atoms with Gasteiger partial charge in [-0.1, -0.05) is 0 Å². The lowest BCUT2D eigenvalue weighted by molar-refractivity contribution is -0.127. The molecule has 0 heterocycles. The Morgan fingerprint density at radius 1 is 1.20 bits per heavy atom. The molecule has 5 heteroatoms. The van der Waals surface area contributed by atoms with Crippen LogP contribution in [-0.2, 0) is 9.59 Å². The van der Waals surface area contributed by atoms with Gasteiger partial charge in [0.1, 0.15) is 0 Å². The van der Waals surface area contributed by atoms with Crippen LogP contribution in [0.15, 0.2) is 0 Å². The third kappa shape index (κ3) is 9.21. The summed E-state index contributed by atoms with van der Waals surface area (Å²) in [6.07, 6.45) is 0.673. The largest absolute Gasteiger partial charge is 0.396 e. The number of carbonyl (C=O) groups excluding carboxylic acids is 2. The molecular weight excluding hydrogens is 196 g/mol. The topological polar surface area (TPSA) is 78.4 Å². The molecule has 0 rings (SSSR count). The molecule has 0 saturated carbocycles. The molecule has 0 saturated heterocycles. The highest BCUT2D eigenvalue weighted by Gasteiger charge is 2.13. The third-order valence-electron chi connectivity index (χ3n) is 1.52. The van der Waals surface area contributed by atoms with Crippen LogP contribution in [0.3, 0.4) is 0 Å². The minimum absolute atomic E-state index is 0.0123. The molecule has 0 bridgehead atoms. The summed E-state index contributed by atoms with van der Waals surface area (Å²) in [5.74, 6) is -0.423. The van der Waals surface area contributed by atoms with Gasteiger partial charge in [-0.15, -0.1) is 0 Å². The van der Waals surface area contributed by atoms with E-state index >= 15 is 0 Å². The lowest BCUT2D eigenvalue weighted by Gasteiger charge is -2.20. The number of aliphatic hydroxyl groups is 1. The maximum Gasteiger partial charge on any atom is 0.239 e. The monoisotopic (exact) mass is 216 g/mol. The summed E-state index contributed by atoms with van der Waals surface area (Å²) in [4.78, 5) is 22.3. The number of amides is 2. The number of hydrogen-bond donors (Lipinski definition) is 3. The Bertz CT molecular complexity index is 221. The lowest BCUT2D eigenvalue weighted by Crippen LogP contribution is -2.45. The number of hydrogen-bond acceptors (Lipinski definition) is 3. The minimum atomic E-state index is -0.285. The van der Waals surface area contributed by atoms with Crippen molar-refractivity contribution < 1.29 is 14.7 Å². The van der Waals surface area contributed by atoms with Gasteiger partial charge >= 0.3 is 0 Å². The molecule has 0 fully saturated rings. The second kappa shape index (κ2) is 6.40. The summed E-state index contributed by atoms with van der Waals surface area (Å²) in [6.45, 7) is 5.60. The van der Waals surface area contributed by atoms with E-state index in [-0.39, 0.29) is 36.9 Å². The van der Waals surface area contributed by atoms with Crippen LogP contribution >= 0.6 is 0 Å². The number of nitrogens with one attached hydrogen (secondary N) is 2. The number of rotatable bonds is 5. The standard InChI is InChI=1S/C10H20N2O3/c1-10(2,3)12-9(15)7-11-8(14)5-4-6-13/h13H,4-7H2,1-3H3,(H,11,14)(H,12,15). The molecule has 0 aromatic carbocycles. The van der Waals surface area contributed by atoms with Crippen molar-refractivity contribution >= 4 is 11.8 Å². The maximum atomic E-state index is 11.3. The highest BCUT2D eigenvalue weighted by molar-refractivity contribution is 5.84. The van der Waals surface area contributed by atoms with Gasteiger partial charge in [-0.25, -0.2) is 0 Å². The van der Waals surface area contributed by atoms with Gasteiger partial charge in [-0.3, -0.25) is 9.59 Å². The van der Waals surface area contributed by atoms with Gasteiger partial charge in [0.05, 0.1) is 6.54 Å². The van der Waals surface area contributed by atoms with E-state index in [2.05, 4.69) is 10.6 Å². The first-order chi connectivity index (χ1) is 6.85. The normalized spacial score (nSPS) is 10.9. The van der Waals surface area contributed by atoms with E-state index in [1.807, 2.05) is 20.8 Å². The molecule has 0 aliphatic rings. The van der Waals surface area contributed by atoms with Crippen molar-refractivity contribution in [2.45, 2.75) is 39.2 Å². The first-order valence-corrected chi connectivity index (χ1v) is 5.04. The van der Waals surface area contributed by atoms with Crippen LogP contribution in [0.5, 0.6) is 0 Å². The summed E-state index contributed by atoms with van der Waals surface area (Å²) < 4.78 is 0. The SMILES string of the molecule is CC(C)(C)NC(=O)CNC(=O)CCCO. The fourth-order valence-corrected chi connectivity index (χ4v) is 0.969. The van der Waals surface area contributed by atoms with Gasteiger partial charge < -0.3 is 15.7 Å². The molecule has 0 unspecified atom stereocenters. The van der Waals surface area contributed by atoms with Crippen molar-refractivity contribution in [1.29, 1.82) is 0 Å². The van der Waals surface area contributed by atoms with E-state index in [1.54, 1.807) is 0 Å². The second-order valence-electron chi connectivity index (χ2n) is 4.40. The molecule has 3 N–H and O–H groups in total. The van der Waals surface area contributed by atoms with Gasteiger partial charge in [0.2, 0.25) is 11.8 Å². The Balaban J connectivity index is 3.67. The molecule has 0 aliphatic carbocycles. The lowest BCUT2D eigenvalue weighted by atomic mass is 10.1. The third-order valence-corrected chi connectivity index (χ3v) is 1.52. The van der Waals surface area contributed by atoms with Gasteiger partial charge in [-0.05, 0) is 27.2 Å². The summed E-state index contributed by atoms with van der Waals surface area (Å²) in [6, 6.07) is 0. The van der Waals surface area contributed by atoms with Crippen LogP contribution in [0.2, 0.25) is 0 Å². The molecule has 0 atom stereocenters. The van der Waals surface area contributed by atoms with Crippen LogP contribution in [0, 0.1) is 0 Å². The molecule has 2 amide bonds. The van der Waals surface area contributed by atoms with E-state index in [4.69, 9.17) is 5.11 Å². The minimum Gasteiger partial charge on any atom is -0.396 e. The predicted octanol–water partition coefficient (Wildman–Crippen LogP) is -0.210. The fourth-order valence-electron chi connectivity index (χ4n) is 0.969. The molecule has 88 valence electrons. The molecule has 0 aromatic rings. The zero-order valence-electron chi connectivity index (χ0n) is 9.59. The van der Waals surface area contributed by atoms with Crippen molar-refractivity contribution in [3.05, 3.63) is 0 Å². The van der Waals surface area contributed by atoms with E-state index in [0.717, 1.165) is 0 Å². The smallest absolute Gasteiger partial charge is 0.239 e. The van der Waals surface area contributed by atoms with Crippen molar-refractivity contribution in [2.75, 3.05) is 13.2 Å². The Kier molecular flexibility index (Phi) is 5.93. The number of carbonyl (C=O) groups is 2. The Hall–Kier alpha value is -1.10. The summed E-state index contributed by atoms with van der Waals surface area (Å²) in [5, 5.41) is 13.7. The molecule has 0 aromatic heterocycles. The second-order valence-corrected chi connectivity index (χ2v) is 4.40. The Morgan fingerprint density at radius 3 is 2.27 bits per heavy atom. The van der Waals surface area contributed by atoms with Crippen LogP contribution in [0.1, 0.15) is 33.6 Å². The first-order valence-electron chi connectivity index (χ1n) is 5.04. The quantitative estimate of drug-likeness (QED) is 0.595. The summed E-state index contributed by atoms with van der Waals surface area (Å²) in [7, 11) is 0. The van der Waals surface area contributed by atoms with Gasteiger partial charge in [0, 0.05) is 18.6 Å². The van der Waals surface area contributed by atoms with Gasteiger partial charge in [0.25, 0.3) is 0 Å². The maximum absolute atomic E-state index is 11.3. The zero-order chi connectivity index (χ0) is 11.9. The molecule has 15 heavy (non-hydrogen) atoms. The van der Waals surface area contributed by atoms with Crippen molar-refractivity contribution in [3.63, 3.8) is 0 Å². The molecule has 0 aliphatic heterocycles. The highest BCUT2D eigenvalue weighted by Crippen LogP contribution is 1.97. The molecule has 0 radical (unpaired) electrons. The Morgan fingerprint density at radius 2 is 1.80 bits per heavy atom. The van der Waals surface area contributed by atoms with E-state index in [1.165, 1.54) is 0 Å². The summed E-state index contributed by atoms with van der Waals surface area (Å²) in [5.41, 5.74) is -0.285. The predicted molar refractivity (Wildman–Crippen MR) is 57.2 cm³/mol. The van der Waals surface area contributed by atoms with Crippen molar-refractivity contribution in [1.82, 2.24) is 10.6 Å².